The summed E-state index contributed by atoms with van der Waals surface area (Å²) in [5.41, 5.74) is 4.72. The molecule has 1 heterocycles. The Kier molecular flexibility index (Phi) is 6.73. The van der Waals surface area contributed by atoms with E-state index in [9.17, 15) is 9.59 Å². The first-order valence-corrected chi connectivity index (χ1v) is 10.9. The Bertz CT molecular complexity index is 1330. The largest absolute Gasteiger partial charge is 0.497 e. The number of rotatable bonds is 7. The standard InChI is InChI=1S/C27H25N3O4/c1-4-34-27(32)24-17-25(30(29-24)22-10-5-7-18(2)15-22)20-8-6-9-21(16-20)28-26(31)19-11-13-23(33-3)14-12-19/h5-17H,4H2,1-3H3,(H,28,31). The molecule has 34 heavy (non-hydrogen) atoms. The van der Waals surface area contributed by atoms with Gasteiger partial charge in [0.1, 0.15) is 5.75 Å². The van der Waals surface area contributed by atoms with Gasteiger partial charge in [-0.2, -0.15) is 5.10 Å². The fourth-order valence-electron chi connectivity index (χ4n) is 3.55. The highest BCUT2D eigenvalue weighted by Gasteiger charge is 2.18. The van der Waals surface area contributed by atoms with E-state index in [1.165, 1.54) is 0 Å². The molecule has 0 bridgehead atoms. The van der Waals surface area contributed by atoms with Crippen molar-refractivity contribution in [1.29, 1.82) is 0 Å². The maximum Gasteiger partial charge on any atom is 0.358 e. The van der Waals surface area contributed by atoms with Gasteiger partial charge in [0.05, 0.1) is 25.1 Å². The normalized spacial score (nSPS) is 10.6. The minimum absolute atomic E-state index is 0.214. The number of ether oxygens (including phenoxy) is 2. The third kappa shape index (κ3) is 4.99. The van der Waals surface area contributed by atoms with E-state index < -0.39 is 5.97 Å². The third-order valence-corrected chi connectivity index (χ3v) is 5.21. The number of hydrogen-bond donors (Lipinski definition) is 1. The van der Waals surface area contributed by atoms with Crippen LogP contribution in [0.3, 0.4) is 0 Å². The Balaban J connectivity index is 1.69. The van der Waals surface area contributed by atoms with Crippen LogP contribution in [0.2, 0.25) is 0 Å². The van der Waals surface area contributed by atoms with Crippen LogP contribution in [0.15, 0.2) is 78.9 Å². The van der Waals surface area contributed by atoms with E-state index in [4.69, 9.17) is 9.47 Å². The van der Waals surface area contributed by atoms with Crippen LogP contribution < -0.4 is 10.1 Å². The van der Waals surface area contributed by atoms with Gasteiger partial charge in [-0.05, 0) is 74.0 Å². The highest BCUT2D eigenvalue weighted by Crippen LogP contribution is 2.27. The van der Waals surface area contributed by atoms with Gasteiger partial charge in [0, 0.05) is 16.8 Å². The van der Waals surface area contributed by atoms with Crippen molar-refractivity contribution >= 4 is 17.6 Å². The van der Waals surface area contributed by atoms with E-state index in [-0.39, 0.29) is 18.2 Å². The zero-order valence-corrected chi connectivity index (χ0v) is 19.2. The Hall–Kier alpha value is -4.39. The van der Waals surface area contributed by atoms with E-state index in [0.29, 0.717) is 22.7 Å². The fourth-order valence-corrected chi connectivity index (χ4v) is 3.55. The number of carbonyl (C=O) groups excluding carboxylic acids is 2. The number of anilines is 1. The van der Waals surface area contributed by atoms with Gasteiger partial charge in [-0.25, -0.2) is 9.48 Å². The third-order valence-electron chi connectivity index (χ3n) is 5.21. The van der Waals surface area contributed by atoms with Crippen LogP contribution in [0.4, 0.5) is 5.69 Å². The van der Waals surface area contributed by atoms with E-state index in [1.54, 1.807) is 49.0 Å². The van der Waals surface area contributed by atoms with E-state index in [1.807, 2.05) is 55.5 Å². The second kappa shape index (κ2) is 10.0. The van der Waals surface area contributed by atoms with Gasteiger partial charge >= 0.3 is 5.97 Å². The van der Waals surface area contributed by atoms with Crippen LogP contribution in [0.25, 0.3) is 16.9 Å². The second-order valence-electron chi connectivity index (χ2n) is 7.65. The number of amides is 1. The van der Waals surface area contributed by atoms with Crippen LogP contribution in [-0.4, -0.2) is 35.4 Å². The zero-order chi connectivity index (χ0) is 24.1. The summed E-state index contributed by atoms with van der Waals surface area (Å²) in [4.78, 5) is 25.1. The van der Waals surface area contributed by atoms with Crippen molar-refractivity contribution in [2.24, 2.45) is 0 Å². The molecule has 0 saturated heterocycles. The predicted molar refractivity (Wildman–Crippen MR) is 131 cm³/mol. The molecule has 4 rings (SSSR count). The molecule has 1 N–H and O–H groups in total. The number of aryl methyl sites for hydroxylation is 1. The van der Waals surface area contributed by atoms with Gasteiger partial charge < -0.3 is 14.8 Å². The lowest BCUT2D eigenvalue weighted by atomic mass is 10.1. The Labute approximate surface area is 197 Å². The zero-order valence-electron chi connectivity index (χ0n) is 19.2. The lowest BCUT2D eigenvalue weighted by molar-refractivity contribution is 0.0519. The van der Waals surface area contributed by atoms with Crippen LogP contribution in [-0.2, 0) is 4.74 Å². The lowest BCUT2D eigenvalue weighted by Crippen LogP contribution is -2.11. The summed E-state index contributed by atoms with van der Waals surface area (Å²) in [6.45, 7) is 4.01. The molecule has 4 aromatic rings. The SMILES string of the molecule is CCOC(=O)c1cc(-c2cccc(NC(=O)c3ccc(OC)cc3)c2)n(-c2cccc(C)c2)n1. The smallest absolute Gasteiger partial charge is 0.358 e. The van der Waals surface area contributed by atoms with Crippen molar-refractivity contribution in [3.8, 4) is 22.7 Å². The number of carbonyl (C=O) groups is 2. The summed E-state index contributed by atoms with van der Waals surface area (Å²) < 4.78 is 12.0. The minimum atomic E-state index is -0.487. The first-order valence-electron chi connectivity index (χ1n) is 10.9. The van der Waals surface area contributed by atoms with Crippen LogP contribution in [0.1, 0.15) is 33.3 Å². The fraction of sp³-hybridized carbons (Fsp3) is 0.148. The molecule has 0 saturated carbocycles. The highest BCUT2D eigenvalue weighted by atomic mass is 16.5. The first kappa shape index (κ1) is 22.8. The van der Waals surface area contributed by atoms with Gasteiger partial charge in [-0.15, -0.1) is 0 Å². The molecule has 1 amide bonds. The minimum Gasteiger partial charge on any atom is -0.497 e. The molecule has 0 unspecified atom stereocenters. The van der Waals surface area contributed by atoms with Crippen LogP contribution in [0, 0.1) is 6.92 Å². The Morgan fingerprint density at radius 1 is 0.971 bits per heavy atom. The molecular formula is C27H25N3O4. The number of methoxy groups -OCH3 is 1. The van der Waals surface area contributed by atoms with Crippen molar-refractivity contribution in [3.63, 3.8) is 0 Å². The molecule has 0 aliphatic rings. The van der Waals surface area contributed by atoms with Crippen molar-refractivity contribution in [2.45, 2.75) is 13.8 Å². The summed E-state index contributed by atoms with van der Waals surface area (Å²) in [7, 11) is 1.58. The summed E-state index contributed by atoms with van der Waals surface area (Å²) in [6.07, 6.45) is 0. The molecule has 1 aromatic heterocycles. The number of hydrogen-bond acceptors (Lipinski definition) is 5. The van der Waals surface area contributed by atoms with Crippen molar-refractivity contribution in [1.82, 2.24) is 9.78 Å². The monoisotopic (exact) mass is 455 g/mol. The highest BCUT2D eigenvalue weighted by molar-refractivity contribution is 6.04. The van der Waals surface area contributed by atoms with E-state index in [2.05, 4.69) is 10.4 Å². The molecular weight excluding hydrogens is 430 g/mol. The number of nitrogens with zero attached hydrogens (tertiary/aromatic N) is 2. The average Bonchev–Trinajstić information content (AvgIpc) is 3.30. The first-order chi connectivity index (χ1) is 16.5. The van der Waals surface area contributed by atoms with Crippen LogP contribution in [0.5, 0.6) is 5.75 Å². The maximum atomic E-state index is 12.7. The molecule has 7 nitrogen and oxygen atoms in total. The van der Waals surface area contributed by atoms with Crippen molar-refractivity contribution in [2.75, 3.05) is 19.0 Å². The lowest BCUT2D eigenvalue weighted by Gasteiger charge is -2.11. The molecule has 172 valence electrons. The van der Waals surface area contributed by atoms with Gasteiger partial charge in [0.2, 0.25) is 0 Å². The summed E-state index contributed by atoms with van der Waals surface area (Å²) in [6, 6.07) is 23.8. The molecule has 0 fully saturated rings. The molecule has 0 aliphatic heterocycles. The summed E-state index contributed by atoms with van der Waals surface area (Å²) in [5, 5.41) is 7.44. The van der Waals surface area contributed by atoms with Crippen molar-refractivity contribution in [3.05, 3.63) is 95.7 Å². The molecule has 0 radical (unpaired) electrons. The number of esters is 1. The van der Waals surface area contributed by atoms with Gasteiger partial charge in [-0.1, -0.05) is 24.3 Å². The van der Waals surface area contributed by atoms with Gasteiger partial charge in [0.25, 0.3) is 5.91 Å². The predicted octanol–water partition coefficient (Wildman–Crippen LogP) is 5.29. The molecule has 0 spiro atoms. The molecule has 7 heteroatoms. The summed E-state index contributed by atoms with van der Waals surface area (Å²) >= 11 is 0. The Morgan fingerprint density at radius 3 is 2.44 bits per heavy atom. The topological polar surface area (TPSA) is 82.5 Å². The molecule has 0 aliphatic carbocycles. The van der Waals surface area contributed by atoms with Crippen molar-refractivity contribution < 1.29 is 19.1 Å². The summed E-state index contributed by atoms with van der Waals surface area (Å²) in [5.74, 6) is -0.0429. The van der Waals surface area contributed by atoms with E-state index >= 15 is 0 Å². The second-order valence-corrected chi connectivity index (χ2v) is 7.65. The number of nitrogens with one attached hydrogen (secondary N) is 1. The maximum absolute atomic E-state index is 12.7. The molecule has 0 atom stereocenters. The van der Waals surface area contributed by atoms with E-state index in [0.717, 1.165) is 16.8 Å². The number of benzene rings is 3. The Morgan fingerprint density at radius 2 is 1.74 bits per heavy atom. The average molecular weight is 456 g/mol. The van der Waals surface area contributed by atoms with Gasteiger partial charge in [0.15, 0.2) is 5.69 Å². The quantitative estimate of drug-likeness (QED) is 0.383. The van der Waals surface area contributed by atoms with Crippen LogP contribution >= 0.6 is 0 Å². The number of aromatic nitrogens is 2. The molecule has 3 aromatic carbocycles. The van der Waals surface area contributed by atoms with Gasteiger partial charge in [-0.3, -0.25) is 4.79 Å².